The van der Waals surface area contributed by atoms with E-state index in [1.54, 1.807) is 7.11 Å². The van der Waals surface area contributed by atoms with Crippen molar-refractivity contribution in [2.45, 2.75) is 39.5 Å². The van der Waals surface area contributed by atoms with Crippen molar-refractivity contribution in [3.05, 3.63) is 35.4 Å². The van der Waals surface area contributed by atoms with Crippen molar-refractivity contribution in [3.63, 3.8) is 0 Å². The number of unbranched alkanes of at least 4 members (excludes halogenated alkanes) is 1. The third-order valence-corrected chi connectivity index (χ3v) is 2.77. The molecule has 0 unspecified atom stereocenters. The Morgan fingerprint density at radius 2 is 1.70 bits per heavy atom. The number of aryl methyl sites for hydroxylation is 1. The molecule has 4 nitrogen and oxygen atoms in total. The van der Waals surface area contributed by atoms with E-state index in [1.807, 2.05) is 0 Å². The minimum absolute atomic E-state index is 0.891. The van der Waals surface area contributed by atoms with Gasteiger partial charge in [-0.3, -0.25) is 0 Å². The summed E-state index contributed by atoms with van der Waals surface area (Å²) in [4.78, 5) is 8.89. The van der Waals surface area contributed by atoms with Crippen LogP contribution in [0.25, 0.3) is 0 Å². The average Bonchev–Trinajstić information content (AvgIpc) is 2.51. The van der Waals surface area contributed by atoms with Gasteiger partial charge in [-0.25, -0.2) is 0 Å². The number of nitrogens with zero attached hydrogens (tertiary/aromatic N) is 2. The largest absolute Gasteiger partial charge is 0.400 e. The summed E-state index contributed by atoms with van der Waals surface area (Å²) < 4.78 is 0. The Balaban J connectivity index is 0.000000796. The van der Waals surface area contributed by atoms with Crippen LogP contribution < -0.4 is 0 Å². The van der Waals surface area contributed by atoms with E-state index in [1.165, 1.54) is 31.9 Å². The van der Waals surface area contributed by atoms with Gasteiger partial charge in [0, 0.05) is 6.72 Å². The van der Waals surface area contributed by atoms with E-state index in [4.69, 9.17) is 4.84 Å². The number of rotatable bonds is 7. The first-order chi connectivity index (χ1) is 9.73. The fraction of sp³-hybridized carbons (Fsp3) is 0.500. The summed E-state index contributed by atoms with van der Waals surface area (Å²) in [5, 5.41) is 7.01. The Morgan fingerprint density at radius 1 is 1.10 bits per heavy atom. The van der Waals surface area contributed by atoms with Crippen LogP contribution >= 0.6 is 0 Å². The predicted octanol–water partition coefficient (Wildman–Crippen LogP) is 4.04. The zero-order valence-corrected chi connectivity index (χ0v) is 13.1. The van der Waals surface area contributed by atoms with Crippen molar-refractivity contribution in [2.75, 3.05) is 14.2 Å². The van der Waals surface area contributed by atoms with Crippen LogP contribution in [0.3, 0.4) is 0 Å². The molecule has 0 radical (unpaired) electrons. The van der Waals surface area contributed by atoms with Gasteiger partial charge in [-0.1, -0.05) is 49.7 Å². The Labute approximate surface area is 122 Å². The summed E-state index contributed by atoms with van der Waals surface area (Å²) in [6.07, 6.45) is 4.56. The van der Waals surface area contributed by atoms with E-state index in [9.17, 15) is 0 Å². The maximum atomic E-state index is 4.83. The maximum absolute atomic E-state index is 4.83. The van der Waals surface area contributed by atoms with Crippen molar-refractivity contribution >= 4 is 12.4 Å². The molecule has 1 rings (SSSR count). The molecular formula is C16H26N2O2. The van der Waals surface area contributed by atoms with Gasteiger partial charge < -0.3 is 9.68 Å². The highest BCUT2D eigenvalue weighted by Crippen LogP contribution is 2.10. The number of oxime groups is 2. The monoisotopic (exact) mass is 278 g/mol. The van der Waals surface area contributed by atoms with Crippen LogP contribution in [0.15, 0.2) is 34.6 Å². The molecule has 0 bridgehead atoms. The Kier molecular flexibility index (Phi) is 11.1. The molecule has 4 heteroatoms. The van der Waals surface area contributed by atoms with Crippen LogP contribution in [0.5, 0.6) is 0 Å². The van der Waals surface area contributed by atoms with Gasteiger partial charge in [0.15, 0.2) is 0 Å². The number of hydrogen-bond acceptors (Lipinski definition) is 4. The summed E-state index contributed by atoms with van der Waals surface area (Å²) in [6, 6.07) is 8.64. The molecule has 0 aliphatic carbocycles. The molecule has 0 atom stereocenters. The van der Waals surface area contributed by atoms with Gasteiger partial charge >= 0.3 is 0 Å². The lowest BCUT2D eigenvalue weighted by molar-refractivity contribution is 0.213. The zero-order chi connectivity index (χ0) is 15.2. The molecule has 0 spiro atoms. The van der Waals surface area contributed by atoms with Crippen LogP contribution in [-0.4, -0.2) is 26.6 Å². The summed E-state index contributed by atoms with van der Waals surface area (Å²) in [5.74, 6) is 0. The first-order valence-corrected chi connectivity index (χ1v) is 6.91. The molecular weight excluding hydrogens is 252 g/mol. The first kappa shape index (κ1) is 18.2. The standard InChI is InChI=1S/C14H21NO.C2H5NO/c1-4-6-7-12-8-10-13(11-9-12)14(5-2)15-16-3;1-3-4-2/h8-11H,4-7H2,1-3H3;1H2,2H3/b15-14-;. The maximum Gasteiger partial charge on any atom is 0.106 e. The molecule has 0 fully saturated rings. The third kappa shape index (κ3) is 7.56. The minimum Gasteiger partial charge on any atom is -0.400 e. The second-order valence-electron chi connectivity index (χ2n) is 4.19. The summed E-state index contributed by atoms with van der Waals surface area (Å²) in [6.45, 7) is 7.31. The average molecular weight is 278 g/mol. The lowest BCUT2D eigenvalue weighted by atomic mass is 10.0. The quantitative estimate of drug-likeness (QED) is 0.558. The van der Waals surface area contributed by atoms with E-state index in [2.05, 4.69) is 60.0 Å². The fourth-order valence-electron chi connectivity index (χ4n) is 1.68. The first-order valence-electron chi connectivity index (χ1n) is 6.91. The van der Waals surface area contributed by atoms with Gasteiger partial charge in [0.2, 0.25) is 0 Å². The molecule has 0 heterocycles. The predicted molar refractivity (Wildman–Crippen MR) is 85.4 cm³/mol. The highest BCUT2D eigenvalue weighted by Gasteiger charge is 2.01. The molecule has 0 saturated carbocycles. The highest BCUT2D eigenvalue weighted by atomic mass is 16.6. The molecule has 0 amide bonds. The molecule has 112 valence electrons. The molecule has 0 aromatic heterocycles. The number of benzene rings is 1. The Hall–Kier alpha value is -1.84. The topological polar surface area (TPSA) is 43.2 Å². The van der Waals surface area contributed by atoms with Crippen LogP contribution in [0.1, 0.15) is 44.2 Å². The minimum atomic E-state index is 0.891. The van der Waals surface area contributed by atoms with Crippen LogP contribution in [0, 0.1) is 0 Å². The van der Waals surface area contributed by atoms with Crippen LogP contribution in [0.4, 0.5) is 0 Å². The van der Waals surface area contributed by atoms with Crippen molar-refractivity contribution in [3.8, 4) is 0 Å². The number of hydrogen-bond donors (Lipinski definition) is 0. The van der Waals surface area contributed by atoms with Crippen molar-refractivity contribution in [1.29, 1.82) is 0 Å². The molecule has 0 saturated heterocycles. The van der Waals surface area contributed by atoms with Gasteiger partial charge in [-0.15, -0.1) is 5.16 Å². The van der Waals surface area contributed by atoms with Gasteiger partial charge in [-0.05, 0) is 30.4 Å². The normalized spacial score (nSPS) is 10.3. The Morgan fingerprint density at radius 3 is 2.10 bits per heavy atom. The molecule has 1 aromatic rings. The summed E-state index contributed by atoms with van der Waals surface area (Å²) >= 11 is 0. The van der Waals surface area contributed by atoms with Crippen molar-refractivity contribution in [2.24, 2.45) is 10.3 Å². The highest BCUT2D eigenvalue weighted by molar-refractivity contribution is 6.00. The lowest BCUT2D eigenvalue weighted by Crippen LogP contribution is -1.99. The second-order valence-corrected chi connectivity index (χ2v) is 4.19. The van der Waals surface area contributed by atoms with Gasteiger partial charge in [0.25, 0.3) is 0 Å². The molecule has 0 aliphatic rings. The molecule has 0 N–H and O–H groups in total. The smallest absolute Gasteiger partial charge is 0.106 e. The van der Waals surface area contributed by atoms with Crippen molar-refractivity contribution in [1.82, 2.24) is 0 Å². The van der Waals surface area contributed by atoms with Crippen molar-refractivity contribution < 1.29 is 9.68 Å². The van der Waals surface area contributed by atoms with Crippen LogP contribution in [-0.2, 0) is 16.1 Å². The molecule has 0 aliphatic heterocycles. The van der Waals surface area contributed by atoms with E-state index in [0.717, 1.165) is 17.7 Å². The Bertz CT molecular complexity index is 386. The van der Waals surface area contributed by atoms with E-state index < -0.39 is 0 Å². The second kappa shape index (κ2) is 12.2. The summed E-state index contributed by atoms with van der Waals surface area (Å²) in [7, 11) is 3.04. The lowest BCUT2D eigenvalue weighted by Gasteiger charge is -2.05. The van der Waals surface area contributed by atoms with Crippen LogP contribution in [0.2, 0.25) is 0 Å². The van der Waals surface area contributed by atoms with Gasteiger partial charge in [0.05, 0.1) is 5.71 Å². The molecule has 1 aromatic carbocycles. The van der Waals surface area contributed by atoms with E-state index in [0.29, 0.717) is 0 Å². The summed E-state index contributed by atoms with van der Waals surface area (Å²) in [5.41, 5.74) is 3.56. The fourth-order valence-corrected chi connectivity index (χ4v) is 1.68. The molecule has 20 heavy (non-hydrogen) atoms. The van der Waals surface area contributed by atoms with Gasteiger partial charge in [0.1, 0.15) is 14.2 Å². The van der Waals surface area contributed by atoms with Gasteiger partial charge in [-0.2, -0.15) is 0 Å². The zero-order valence-electron chi connectivity index (χ0n) is 13.1. The van der Waals surface area contributed by atoms with E-state index in [-0.39, 0.29) is 0 Å². The third-order valence-electron chi connectivity index (χ3n) is 2.77. The van der Waals surface area contributed by atoms with E-state index >= 15 is 0 Å². The SMILES string of the molecule is C=NOC.CCCCc1ccc(/C(CC)=N\OC)cc1.